The SMILES string of the molecule is Cc1ccc(CN2[C@@H]3CCC[C@H]2CC(NC(=O)N2CCOCC2)C3)cc1. The van der Waals surface area contributed by atoms with Gasteiger partial charge in [-0.15, -0.1) is 0 Å². The Morgan fingerprint density at radius 1 is 1.12 bits per heavy atom. The molecule has 3 aliphatic heterocycles. The molecule has 5 heteroatoms. The summed E-state index contributed by atoms with van der Waals surface area (Å²) in [7, 11) is 0. The van der Waals surface area contributed by atoms with E-state index in [1.54, 1.807) is 0 Å². The van der Waals surface area contributed by atoms with Crippen molar-refractivity contribution < 1.29 is 9.53 Å². The smallest absolute Gasteiger partial charge is 0.317 e. The first-order valence-corrected chi connectivity index (χ1v) is 10.1. The molecule has 2 bridgehead atoms. The van der Waals surface area contributed by atoms with Crippen LogP contribution in [0.3, 0.4) is 0 Å². The van der Waals surface area contributed by atoms with E-state index >= 15 is 0 Å². The number of rotatable bonds is 3. The number of aryl methyl sites for hydroxylation is 1. The van der Waals surface area contributed by atoms with Gasteiger partial charge < -0.3 is 15.0 Å². The number of carbonyl (C=O) groups excluding carboxylic acids is 1. The van der Waals surface area contributed by atoms with Gasteiger partial charge in [0.2, 0.25) is 0 Å². The van der Waals surface area contributed by atoms with E-state index in [2.05, 4.69) is 41.4 Å². The Morgan fingerprint density at radius 2 is 1.77 bits per heavy atom. The topological polar surface area (TPSA) is 44.8 Å². The van der Waals surface area contributed by atoms with Crippen LogP contribution in [0.2, 0.25) is 0 Å². The second-order valence-electron chi connectivity index (χ2n) is 8.11. The lowest BCUT2D eigenvalue weighted by atomic mass is 9.81. The molecule has 3 heterocycles. The highest BCUT2D eigenvalue weighted by Crippen LogP contribution is 2.35. The third-order valence-corrected chi connectivity index (χ3v) is 6.24. The van der Waals surface area contributed by atoms with Crippen LogP contribution in [0.15, 0.2) is 24.3 Å². The van der Waals surface area contributed by atoms with Gasteiger partial charge >= 0.3 is 6.03 Å². The van der Waals surface area contributed by atoms with Crippen LogP contribution in [0.5, 0.6) is 0 Å². The third-order valence-electron chi connectivity index (χ3n) is 6.24. The Hall–Kier alpha value is -1.59. The zero-order valence-corrected chi connectivity index (χ0v) is 15.8. The maximum atomic E-state index is 12.5. The molecule has 3 atom stereocenters. The van der Waals surface area contributed by atoms with Gasteiger partial charge in [0, 0.05) is 37.8 Å². The molecule has 1 N–H and O–H groups in total. The molecule has 4 rings (SSSR count). The standard InChI is InChI=1S/C21H31N3O2/c1-16-5-7-17(8-6-16)15-24-19-3-2-4-20(24)14-18(13-19)22-21(25)23-9-11-26-12-10-23/h5-8,18-20H,2-4,9-15H2,1H3,(H,22,25)/t18?,19-,20+. The minimum absolute atomic E-state index is 0.100. The van der Waals surface area contributed by atoms with Crippen molar-refractivity contribution in [1.29, 1.82) is 0 Å². The van der Waals surface area contributed by atoms with E-state index in [9.17, 15) is 4.79 Å². The molecular formula is C21H31N3O2. The molecule has 142 valence electrons. The van der Waals surface area contributed by atoms with Gasteiger partial charge in [0.05, 0.1) is 13.2 Å². The van der Waals surface area contributed by atoms with Crippen molar-refractivity contribution in [3.05, 3.63) is 35.4 Å². The molecule has 0 saturated carbocycles. The van der Waals surface area contributed by atoms with Gasteiger partial charge in [-0.25, -0.2) is 4.79 Å². The second-order valence-corrected chi connectivity index (χ2v) is 8.11. The van der Waals surface area contributed by atoms with Crippen LogP contribution in [0.4, 0.5) is 4.79 Å². The lowest BCUT2D eigenvalue weighted by molar-refractivity contribution is 0.0161. The normalized spacial score (nSPS) is 29.4. The number of urea groups is 1. The zero-order chi connectivity index (χ0) is 17.9. The summed E-state index contributed by atoms with van der Waals surface area (Å²) in [5.41, 5.74) is 2.72. The summed E-state index contributed by atoms with van der Waals surface area (Å²) in [5, 5.41) is 3.31. The number of hydrogen-bond donors (Lipinski definition) is 1. The van der Waals surface area contributed by atoms with E-state index in [0.717, 1.165) is 19.4 Å². The molecular weight excluding hydrogens is 326 g/mol. The summed E-state index contributed by atoms with van der Waals surface area (Å²) in [5.74, 6) is 0. The number of benzene rings is 1. The molecule has 0 radical (unpaired) electrons. The van der Waals surface area contributed by atoms with Gasteiger partial charge in [0.15, 0.2) is 0 Å². The summed E-state index contributed by atoms with van der Waals surface area (Å²) in [4.78, 5) is 17.1. The predicted octanol–water partition coefficient (Wildman–Crippen LogP) is 2.92. The minimum atomic E-state index is 0.100. The van der Waals surface area contributed by atoms with Crippen molar-refractivity contribution in [2.24, 2.45) is 0 Å². The van der Waals surface area contributed by atoms with Crippen molar-refractivity contribution in [2.75, 3.05) is 26.3 Å². The maximum absolute atomic E-state index is 12.5. The Kier molecular flexibility index (Phi) is 5.46. The van der Waals surface area contributed by atoms with Crippen molar-refractivity contribution >= 4 is 6.03 Å². The number of nitrogens with zero attached hydrogens (tertiary/aromatic N) is 2. The van der Waals surface area contributed by atoms with Crippen molar-refractivity contribution in [3.63, 3.8) is 0 Å². The van der Waals surface area contributed by atoms with Gasteiger partial charge in [-0.1, -0.05) is 36.2 Å². The first kappa shape index (κ1) is 17.8. The lowest BCUT2D eigenvalue weighted by Gasteiger charge is -2.49. The van der Waals surface area contributed by atoms with E-state index < -0.39 is 0 Å². The molecule has 1 aromatic rings. The number of nitrogens with one attached hydrogen (secondary N) is 1. The van der Waals surface area contributed by atoms with E-state index in [0.29, 0.717) is 44.4 Å². The van der Waals surface area contributed by atoms with Crippen LogP contribution in [-0.2, 0) is 11.3 Å². The monoisotopic (exact) mass is 357 g/mol. The van der Waals surface area contributed by atoms with Crippen LogP contribution < -0.4 is 5.32 Å². The lowest BCUT2D eigenvalue weighted by Crippen LogP contribution is -2.58. The van der Waals surface area contributed by atoms with E-state index in [1.807, 2.05) is 4.90 Å². The van der Waals surface area contributed by atoms with Gasteiger partial charge in [0.1, 0.15) is 0 Å². The quantitative estimate of drug-likeness (QED) is 0.905. The highest BCUT2D eigenvalue weighted by Gasteiger charge is 2.38. The molecule has 3 fully saturated rings. The molecule has 3 saturated heterocycles. The molecule has 1 aromatic carbocycles. The number of carbonyl (C=O) groups is 1. The highest BCUT2D eigenvalue weighted by molar-refractivity contribution is 5.74. The van der Waals surface area contributed by atoms with E-state index in [-0.39, 0.29) is 6.03 Å². The number of piperidine rings is 2. The van der Waals surface area contributed by atoms with Gasteiger partial charge in [-0.3, -0.25) is 4.90 Å². The van der Waals surface area contributed by atoms with Gasteiger partial charge in [-0.05, 0) is 38.2 Å². The average Bonchev–Trinajstić information content (AvgIpc) is 2.65. The third kappa shape index (κ3) is 4.04. The number of fused-ring (bicyclic) bond motifs is 2. The Balaban J connectivity index is 1.36. The largest absolute Gasteiger partial charge is 0.378 e. The van der Waals surface area contributed by atoms with E-state index in [4.69, 9.17) is 4.74 Å². The first-order chi connectivity index (χ1) is 12.7. The maximum Gasteiger partial charge on any atom is 0.317 e. The van der Waals surface area contributed by atoms with Crippen molar-refractivity contribution in [2.45, 2.75) is 63.7 Å². The number of amides is 2. The number of morpholine rings is 1. The highest BCUT2D eigenvalue weighted by atomic mass is 16.5. The Morgan fingerprint density at radius 3 is 2.42 bits per heavy atom. The summed E-state index contributed by atoms with van der Waals surface area (Å²) in [6.07, 6.45) is 6.00. The van der Waals surface area contributed by atoms with Gasteiger partial charge in [0.25, 0.3) is 0 Å². The van der Waals surface area contributed by atoms with Crippen molar-refractivity contribution in [3.8, 4) is 0 Å². The summed E-state index contributed by atoms with van der Waals surface area (Å²) in [6, 6.07) is 10.5. The fourth-order valence-corrected chi connectivity index (χ4v) is 4.79. The van der Waals surface area contributed by atoms with Crippen LogP contribution in [0.25, 0.3) is 0 Å². The molecule has 0 aliphatic carbocycles. The van der Waals surface area contributed by atoms with Crippen LogP contribution in [-0.4, -0.2) is 60.3 Å². The molecule has 0 spiro atoms. The second kappa shape index (κ2) is 7.97. The fourth-order valence-electron chi connectivity index (χ4n) is 4.79. The fraction of sp³-hybridized carbons (Fsp3) is 0.667. The summed E-state index contributed by atoms with van der Waals surface area (Å²) >= 11 is 0. The van der Waals surface area contributed by atoms with Crippen LogP contribution in [0.1, 0.15) is 43.2 Å². The van der Waals surface area contributed by atoms with Crippen LogP contribution >= 0.6 is 0 Å². The molecule has 3 aliphatic rings. The van der Waals surface area contributed by atoms with Crippen molar-refractivity contribution in [1.82, 2.24) is 15.1 Å². The number of ether oxygens (including phenoxy) is 1. The van der Waals surface area contributed by atoms with Crippen LogP contribution in [0, 0.1) is 6.92 Å². The predicted molar refractivity (Wildman–Crippen MR) is 102 cm³/mol. The molecule has 0 aromatic heterocycles. The minimum Gasteiger partial charge on any atom is -0.378 e. The molecule has 1 unspecified atom stereocenters. The molecule has 2 amide bonds. The van der Waals surface area contributed by atoms with Gasteiger partial charge in [-0.2, -0.15) is 0 Å². The molecule has 5 nitrogen and oxygen atoms in total. The number of hydrogen-bond acceptors (Lipinski definition) is 3. The Bertz CT molecular complexity index is 598. The average molecular weight is 357 g/mol. The summed E-state index contributed by atoms with van der Waals surface area (Å²) < 4.78 is 5.35. The zero-order valence-electron chi connectivity index (χ0n) is 15.8. The molecule has 26 heavy (non-hydrogen) atoms. The summed E-state index contributed by atoms with van der Waals surface area (Å²) in [6.45, 7) is 5.93. The van der Waals surface area contributed by atoms with E-state index in [1.165, 1.54) is 30.4 Å². The Labute approximate surface area is 156 Å². The first-order valence-electron chi connectivity index (χ1n) is 10.1.